The van der Waals surface area contributed by atoms with Gasteiger partial charge in [-0.25, -0.2) is 0 Å². The van der Waals surface area contributed by atoms with Crippen molar-refractivity contribution >= 4 is 29.0 Å². The highest BCUT2D eigenvalue weighted by atomic mass is 32.2. The highest BCUT2D eigenvalue weighted by molar-refractivity contribution is 8.03. The summed E-state index contributed by atoms with van der Waals surface area (Å²) in [6.07, 6.45) is 1.53. The molecule has 5 heteroatoms. The molecule has 0 aromatic heterocycles. The van der Waals surface area contributed by atoms with Gasteiger partial charge >= 0.3 is 0 Å². The number of hydrogen-bond acceptors (Lipinski definition) is 5. The van der Waals surface area contributed by atoms with E-state index in [0.29, 0.717) is 16.2 Å². The van der Waals surface area contributed by atoms with Crippen LogP contribution < -0.4 is 10.1 Å². The first-order chi connectivity index (χ1) is 14.2. The van der Waals surface area contributed by atoms with E-state index in [4.69, 9.17) is 4.74 Å². The Hall–Kier alpha value is -3.31. The minimum Gasteiger partial charge on any atom is -0.497 e. The van der Waals surface area contributed by atoms with E-state index in [9.17, 15) is 9.59 Å². The van der Waals surface area contributed by atoms with Crippen molar-refractivity contribution in [2.24, 2.45) is 0 Å². The number of nitrogens with one attached hydrogen (secondary N) is 1. The van der Waals surface area contributed by atoms with Crippen LogP contribution in [-0.4, -0.2) is 24.4 Å². The number of rotatable bonds is 9. The van der Waals surface area contributed by atoms with Crippen molar-refractivity contribution < 1.29 is 14.3 Å². The third kappa shape index (κ3) is 6.09. The second-order valence-electron chi connectivity index (χ2n) is 6.17. The average Bonchev–Trinajstić information content (AvgIpc) is 2.79. The normalized spacial score (nSPS) is 11.0. The van der Waals surface area contributed by atoms with Crippen molar-refractivity contribution in [3.05, 3.63) is 107 Å². The summed E-state index contributed by atoms with van der Waals surface area (Å²) in [5.41, 5.74) is 2.05. The van der Waals surface area contributed by atoms with Crippen LogP contribution in [-0.2, 0) is 0 Å². The van der Waals surface area contributed by atoms with Gasteiger partial charge in [0.05, 0.1) is 17.9 Å². The lowest BCUT2D eigenvalue weighted by atomic mass is 10.1. The van der Waals surface area contributed by atoms with Gasteiger partial charge in [0.25, 0.3) is 0 Å². The SMILES string of the molecule is COc1ccc(NC(=CC(=O)c2ccccc2)SCC(=O)c2ccccc2)cc1. The Morgan fingerprint density at radius 1 is 0.862 bits per heavy atom. The number of ketones is 2. The van der Waals surface area contributed by atoms with Crippen LogP contribution in [0.3, 0.4) is 0 Å². The summed E-state index contributed by atoms with van der Waals surface area (Å²) in [6, 6.07) is 25.6. The molecule has 0 unspecified atom stereocenters. The number of anilines is 1. The third-order valence-electron chi connectivity index (χ3n) is 4.13. The van der Waals surface area contributed by atoms with E-state index >= 15 is 0 Å². The predicted octanol–water partition coefficient (Wildman–Crippen LogP) is 5.45. The zero-order valence-electron chi connectivity index (χ0n) is 16.0. The monoisotopic (exact) mass is 403 g/mol. The van der Waals surface area contributed by atoms with Gasteiger partial charge in [0, 0.05) is 22.9 Å². The number of benzene rings is 3. The van der Waals surface area contributed by atoms with Crippen molar-refractivity contribution in [2.45, 2.75) is 0 Å². The summed E-state index contributed by atoms with van der Waals surface area (Å²) in [6.45, 7) is 0. The van der Waals surface area contributed by atoms with E-state index in [0.717, 1.165) is 11.4 Å². The van der Waals surface area contributed by atoms with Crippen LogP contribution in [0.4, 0.5) is 5.69 Å². The molecule has 0 heterocycles. The van der Waals surface area contributed by atoms with Crippen LogP contribution in [0, 0.1) is 0 Å². The van der Waals surface area contributed by atoms with E-state index in [2.05, 4.69) is 5.32 Å². The fourth-order valence-electron chi connectivity index (χ4n) is 2.59. The molecule has 3 rings (SSSR count). The summed E-state index contributed by atoms with van der Waals surface area (Å²) in [5, 5.41) is 3.84. The number of hydrogen-bond donors (Lipinski definition) is 1. The summed E-state index contributed by atoms with van der Waals surface area (Å²) in [4.78, 5) is 25.1. The maximum absolute atomic E-state index is 12.6. The third-order valence-corrected chi connectivity index (χ3v) is 5.07. The zero-order valence-corrected chi connectivity index (χ0v) is 16.8. The quantitative estimate of drug-likeness (QED) is 0.380. The van der Waals surface area contributed by atoms with Gasteiger partial charge in [-0.15, -0.1) is 11.8 Å². The standard InChI is InChI=1S/C24H21NO3S/c1-28-21-14-12-20(13-15-21)25-24(16-22(26)18-8-4-2-5-9-18)29-17-23(27)19-10-6-3-7-11-19/h2-16,25H,17H2,1H3. The van der Waals surface area contributed by atoms with E-state index in [1.807, 2.05) is 60.7 Å². The molecule has 0 spiro atoms. The molecule has 0 aliphatic carbocycles. The number of carbonyl (C=O) groups is 2. The Bertz CT molecular complexity index is 984. The fourth-order valence-corrected chi connectivity index (χ4v) is 3.42. The van der Waals surface area contributed by atoms with Gasteiger partial charge in [0.2, 0.25) is 0 Å². The molecule has 0 fully saturated rings. The van der Waals surface area contributed by atoms with Crippen LogP contribution in [0.5, 0.6) is 5.75 Å². The highest BCUT2D eigenvalue weighted by Crippen LogP contribution is 2.23. The first kappa shape index (κ1) is 20.4. The largest absolute Gasteiger partial charge is 0.497 e. The average molecular weight is 404 g/mol. The first-order valence-electron chi connectivity index (χ1n) is 9.09. The number of methoxy groups -OCH3 is 1. The number of ether oxygens (including phenoxy) is 1. The molecule has 146 valence electrons. The minimum atomic E-state index is -0.124. The molecule has 0 bridgehead atoms. The van der Waals surface area contributed by atoms with Crippen LogP contribution in [0.15, 0.2) is 96.0 Å². The molecule has 0 atom stereocenters. The summed E-state index contributed by atoms with van der Waals surface area (Å²) >= 11 is 1.30. The molecule has 0 saturated heterocycles. The van der Waals surface area contributed by atoms with E-state index in [1.165, 1.54) is 17.8 Å². The van der Waals surface area contributed by atoms with Crippen molar-refractivity contribution in [2.75, 3.05) is 18.2 Å². The first-order valence-corrected chi connectivity index (χ1v) is 10.1. The maximum Gasteiger partial charge on any atom is 0.188 e. The summed E-state index contributed by atoms with van der Waals surface area (Å²) in [5.74, 6) is 0.848. The Kier molecular flexibility index (Phi) is 7.25. The van der Waals surface area contributed by atoms with Gasteiger partial charge in [-0.2, -0.15) is 0 Å². The smallest absolute Gasteiger partial charge is 0.188 e. The van der Waals surface area contributed by atoms with E-state index in [-0.39, 0.29) is 17.3 Å². The minimum absolute atomic E-state index is 0.00481. The van der Waals surface area contributed by atoms with Gasteiger partial charge < -0.3 is 10.1 Å². The Morgan fingerprint density at radius 3 is 2.03 bits per heavy atom. The molecule has 0 aliphatic rings. The Morgan fingerprint density at radius 2 is 1.45 bits per heavy atom. The molecule has 0 amide bonds. The lowest BCUT2D eigenvalue weighted by Gasteiger charge is -2.11. The summed E-state index contributed by atoms with van der Waals surface area (Å²) < 4.78 is 5.18. The molecule has 0 aliphatic heterocycles. The van der Waals surface area contributed by atoms with Crippen molar-refractivity contribution in [3.63, 3.8) is 0 Å². The molecule has 29 heavy (non-hydrogen) atoms. The van der Waals surface area contributed by atoms with E-state index < -0.39 is 0 Å². The van der Waals surface area contributed by atoms with Crippen LogP contribution in [0.25, 0.3) is 0 Å². The number of Topliss-reactive ketones (excluding diaryl/α,β-unsaturated/α-hetero) is 1. The molecule has 1 N–H and O–H groups in total. The molecule has 3 aromatic carbocycles. The Labute approximate surface area is 174 Å². The van der Waals surface area contributed by atoms with Gasteiger partial charge in [-0.05, 0) is 24.3 Å². The second kappa shape index (κ2) is 10.3. The van der Waals surface area contributed by atoms with Crippen molar-refractivity contribution in [1.82, 2.24) is 0 Å². The zero-order chi connectivity index (χ0) is 20.5. The number of carbonyl (C=O) groups excluding carboxylic acids is 2. The van der Waals surface area contributed by atoms with Gasteiger partial charge in [0.15, 0.2) is 11.6 Å². The molecule has 3 aromatic rings. The molecule has 4 nitrogen and oxygen atoms in total. The Balaban J connectivity index is 1.77. The van der Waals surface area contributed by atoms with Gasteiger partial charge in [-0.3, -0.25) is 9.59 Å². The highest BCUT2D eigenvalue weighted by Gasteiger charge is 2.11. The number of allylic oxidation sites excluding steroid dienone is 1. The van der Waals surface area contributed by atoms with Crippen LogP contribution in [0.2, 0.25) is 0 Å². The lowest BCUT2D eigenvalue weighted by molar-refractivity contribution is 0.101. The molecular weight excluding hydrogens is 382 g/mol. The number of thioether (sulfide) groups is 1. The molecule has 0 saturated carbocycles. The molecule has 0 radical (unpaired) electrons. The van der Waals surface area contributed by atoms with Crippen LogP contribution >= 0.6 is 11.8 Å². The van der Waals surface area contributed by atoms with Crippen molar-refractivity contribution in [1.29, 1.82) is 0 Å². The van der Waals surface area contributed by atoms with Crippen molar-refractivity contribution in [3.8, 4) is 5.75 Å². The fraction of sp³-hybridized carbons (Fsp3) is 0.0833. The van der Waals surface area contributed by atoms with E-state index in [1.54, 1.807) is 31.4 Å². The topological polar surface area (TPSA) is 55.4 Å². The van der Waals surface area contributed by atoms with Crippen LogP contribution in [0.1, 0.15) is 20.7 Å². The molecular formula is C24H21NO3S. The second-order valence-corrected chi connectivity index (χ2v) is 7.19. The predicted molar refractivity (Wildman–Crippen MR) is 119 cm³/mol. The lowest BCUT2D eigenvalue weighted by Crippen LogP contribution is -2.07. The maximum atomic E-state index is 12.6. The van der Waals surface area contributed by atoms with Gasteiger partial charge in [-0.1, -0.05) is 60.7 Å². The summed E-state index contributed by atoms with van der Waals surface area (Å²) in [7, 11) is 1.61. The van der Waals surface area contributed by atoms with Gasteiger partial charge in [0.1, 0.15) is 5.75 Å².